The number of nitrogens with zero attached hydrogens (tertiary/aromatic N) is 2. The van der Waals surface area contributed by atoms with Gasteiger partial charge in [0, 0.05) is 26.3 Å². The first-order valence-corrected chi connectivity index (χ1v) is 6.66. The van der Waals surface area contributed by atoms with Crippen molar-refractivity contribution in [2.75, 3.05) is 25.5 Å². The Morgan fingerprint density at radius 1 is 1.39 bits per heavy atom. The lowest BCUT2D eigenvalue weighted by atomic mass is 9.98. The van der Waals surface area contributed by atoms with E-state index in [0.29, 0.717) is 0 Å². The quantitative estimate of drug-likeness (QED) is 0.858. The third-order valence-corrected chi connectivity index (χ3v) is 3.64. The summed E-state index contributed by atoms with van der Waals surface area (Å²) in [5.74, 6) is 0.901. The monoisotopic (exact) mass is 249 g/mol. The van der Waals surface area contributed by atoms with Crippen molar-refractivity contribution in [2.24, 2.45) is 0 Å². The number of aromatic nitrogens is 1. The number of aliphatic hydroxyl groups is 1. The van der Waals surface area contributed by atoms with Crippen LogP contribution in [0.25, 0.3) is 0 Å². The summed E-state index contributed by atoms with van der Waals surface area (Å²) in [6.07, 6.45) is 4.75. The van der Waals surface area contributed by atoms with E-state index >= 15 is 0 Å². The van der Waals surface area contributed by atoms with E-state index in [1.54, 1.807) is 0 Å². The van der Waals surface area contributed by atoms with Crippen molar-refractivity contribution in [3.63, 3.8) is 0 Å². The van der Waals surface area contributed by atoms with Gasteiger partial charge in [0.1, 0.15) is 5.82 Å². The van der Waals surface area contributed by atoms with Crippen molar-refractivity contribution < 1.29 is 5.11 Å². The van der Waals surface area contributed by atoms with E-state index in [9.17, 15) is 5.11 Å². The van der Waals surface area contributed by atoms with Gasteiger partial charge in [0.2, 0.25) is 0 Å². The molecule has 1 aliphatic rings. The topological polar surface area (TPSA) is 48.4 Å². The normalized spacial score (nSPS) is 25.7. The lowest BCUT2D eigenvalue weighted by Gasteiger charge is -2.22. The maximum atomic E-state index is 10.1. The first-order valence-electron chi connectivity index (χ1n) is 6.66. The Balaban J connectivity index is 1.92. The molecule has 0 amide bonds. The number of rotatable bonds is 3. The standard InChI is InChI=1S/C14H23N3O/c1-14(18)6-3-8-17(9-7-14)11-12-4-5-13(15-2)16-10-12/h4-5,10,18H,3,6-9,11H2,1-2H3,(H,15,16). The maximum absolute atomic E-state index is 10.1. The Kier molecular flexibility index (Phi) is 4.19. The van der Waals surface area contributed by atoms with Crippen LogP contribution < -0.4 is 5.32 Å². The number of nitrogens with one attached hydrogen (secondary N) is 1. The van der Waals surface area contributed by atoms with Gasteiger partial charge in [-0.15, -0.1) is 0 Å². The van der Waals surface area contributed by atoms with Gasteiger partial charge in [0.05, 0.1) is 5.60 Å². The highest BCUT2D eigenvalue weighted by Crippen LogP contribution is 2.22. The van der Waals surface area contributed by atoms with Gasteiger partial charge >= 0.3 is 0 Å². The molecule has 2 rings (SSSR count). The maximum Gasteiger partial charge on any atom is 0.125 e. The zero-order valence-electron chi connectivity index (χ0n) is 11.3. The van der Waals surface area contributed by atoms with E-state index in [0.717, 1.165) is 44.7 Å². The van der Waals surface area contributed by atoms with Crippen LogP contribution in [-0.2, 0) is 6.54 Å². The molecule has 2 N–H and O–H groups in total. The summed E-state index contributed by atoms with van der Waals surface area (Å²) in [5, 5.41) is 13.1. The molecule has 0 saturated carbocycles. The molecule has 0 aromatic carbocycles. The minimum atomic E-state index is -0.483. The van der Waals surface area contributed by atoms with Gasteiger partial charge in [-0.1, -0.05) is 6.07 Å². The molecule has 1 aliphatic heterocycles. The fourth-order valence-corrected chi connectivity index (χ4v) is 2.40. The highest BCUT2D eigenvalue weighted by molar-refractivity contribution is 5.34. The van der Waals surface area contributed by atoms with Gasteiger partial charge in [-0.3, -0.25) is 4.90 Å². The van der Waals surface area contributed by atoms with Gasteiger partial charge in [-0.25, -0.2) is 4.98 Å². The lowest BCUT2D eigenvalue weighted by Crippen LogP contribution is -2.28. The summed E-state index contributed by atoms with van der Waals surface area (Å²) in [7, 11) is 1.87. The van der Waals surface area contributed by atoms with Crippen molar-refractivity contribution in [3.8, 4) is 0 Å². The highest BCUT2D eigenvalue weighted by atomic mass is 16.3. The molecule has 1 aromatic rings. The molecule has 18 heavy (non-hydrogen) atoms. The summed E-state index contributed by atoms with van der Waals surface area (Å²) >= 11 is 0. The average molecular weight is 249 g/mol. The summed E-state index contributed by atoms with van der Waals surface area (Å²) in [5.41, 5.74) is 0.749. The number of hydrogen-bond donors (Lipinski definition) is 2. The Morgan fingerprint density at radius 2 is 2.22 bits per heavy atom. The predicted octanol–water partition coefficient (Wildman–Crippen LogP) is 1.86. The van der Waals surface area contributed by atoms with Crippen LogP contribution in [0.1, 0.15) is 31.7 Å². The van der Waals surface area contributed by atoms with Crippen LogP contribution >= 0.6 is 0 Å². The summed E-state index contributed by atoms with van der Waals surface area (Å²) < 4.78 is 0. The minimum Gasteiger partial charge on any atom is -0.390 e. The molecule has 0 aliphatic carbocycles. The Bertz CT molecular complexity index is 375. The van der Waals surface area contributed by atoms with Crippen molar-refractivity contribution in [1.29, 1.82) is 0 Å². The van der Waals surface area contributed by atoms with E-state index in [1.807, 2.05) is 26.2 Å². The SMILES string of the molecule is CNc1ccc(CN2CCCC(C)(O)CC2)cn1. The van der Waals surface area contributed by atoms with Crippen LogP contribution in [0.2, 0.25) is 0 Å². The molecule has 1 aromatic heterocycles. The van der Waals surface area contributed by atoms with Crippen LogP contribution in [0.5, 0.6) is 0 Å². The van der Waals surface area contributed by atoms with E-state index in [4.69, 9.17) is 0 Å². The number of pyridine rings is 1. The molecule has 100 valence electrons. The summed E-state index contributed by atoms with van der Waals surface area (Å²) in [6, 6.07) is 4.12. The molecule has 1 fully saturated rings. The van der Waals surface area contributed by atoms with Gasteiger partial charge in [0.25, 0.3) is 0 Å². The van der Waals surface area contributed by atoms with Crippen LogP contribution in [0.4, 0.5) is 5.82 Å². The zero-order valence-corrected chi connectivity index (χ0v) is 11.3. The van der Waals surface area contributed by atoms with Gasteiger partial charge < -0.3 is 10.4 Å². The lowest BCUT2D eigenvalue weighted by molar-refractivity contribution is 0.0444. The second-order valence-corrected chi connectivity index (χ2v) is 5.43. The molecule has 0 bridgehead atoms. The number of likely N-dealkylation sites (tertiary alicyclic amines) is 1. The molecule has 1 atom stereocenters. The summed E-state index contributed by atoms with van der Waals surface area (Å²) in [6.45, 7) is 4.89. The van der Waals surface area contributed by atoms with E-state index in [2.05, 4.69) is 21.3 Å². The van der Waals surface area contributed by atoms with E-state index in [1.165, 1.54) is 5.56 Å². The van der Waals surface area contributed by atoms with Crippen LogP contribution in [0.3, 0.4) is 0 Å². The number of hydrogen-bond acceptors (Lipinski definition) is 4. The van der Waals surface area contributed by atoms with Gasteiger partial charge in [0.15, 0.2) is 0 Å². The van der Waals surface area contributed by atoms with Crippen molar-refractivity contribution in [2.45, 2.75) is 38.3 Å². The predicted molar refractivity (Wildman–Crippen MR) is 73.5 cm³/mol. The third kappa shape index (κ3) is 3.68. The second-order valence-electron chi connectivity index (χ2n) is 5.43. The number of anilines is 1. The Labute approximate surface area is 109 Å². The summed E-state index contributed by atoms with van der Waals surface area (Å²) in [4.78, 5) is 6.73. The molecule has 1 unspecified atom stereocenters. The first-order chi connectivity index (χ1) is 8.59. The van der Waals surface area contributed by atoms with Gasteiger partial charge in [-0.2, -0.15) is 0 Å². The van der Waals surface area contributed by atoms with Crippen LogP contribution in [0, 0.1) is 0 Å². The molecule has 2 heterocycles. The molecule has 1 saturated heterocycles. The van der Waals surface area contributed by atoms with Crippen LogP contribution in [0.15, 0.2) is 18.3 Å². The first kappa shape index (κ1) is 13.3. The minimum absolute atomic E-state index is 0.483. The van der Waals surface area contributed by atoms with E-state index in [-0.39, 0.29) is 0 Å². The van der Waals surface area contributed by atoms with E-state index < -0.39 is 5.60 Å². The molecular formula is C14H23N3O. The van der Waals surface area contributed by atoms with Gasteiger partial charge in [-0.05, 0) is 44.4 Å². The largest absolute Gasteiger partial charge is 0.390 e. The molecule has 4 nitrogen and oxygen atoms in total. The molecular weight excluding hydrogens is 226 g/mol. The fourth-order valence-electron chi connectivity index (χ4n) is 2.40. The zero-order chi connectivity index (χ0) is 13.0. The average Bonchev–Trinajstić information content (AvgIpc) is 2.52. The van der Waals surface area contributed by atoms with Crippen molar-refractivity contribution in [1.82, 2.24) is 9.88 Å². The smallest absolute Gasteiger partial charge is 0.125 e. The van der Waals surface area contributed by atoms with Crippen LogP contribution in [-0.4, -0.2) is 40.7 Å². The molecule has 0 radical (unpaired) electrons. The highest BCUT2D eigenvalue weighted by Gasteiger charge is 2.24. The third-order valence-electron chi connectivity index (χ3n) is 3.64. The van der Waals surface area contributed by atoms with Crippen molar-refractivity contribution >= 4 is 5.82 Å². The second kappa shape index (κ2) is 5.67. The Morgan fingerprint density at radius 3 is 2.89 bits per heavy atom. The Hall–Kier alpha value is -1.13. The fraction of sp³-hybridized carbons (Fsp3) is 0.643. The molecule has 4 heteroatoms. The van der Waals surface area contributed by atoms with Crippen molar-refractivity contribution in [3.05, 3.63) is 23.9 Å². The molecule has 0 spiro atoms.